The van der Waals surface area contributed by atoms with Crippen molar-refractivity contribution >= 4 is 57.2 Å². The third-order valence-electron chi connectivity index (χ3n) is 14.1. The molecule has 0 unspecified atom stereocenters. The number of fused-ring (bicyclic) bond motifs is 5. The van der Waals surface area contributed by atoms with E-state index >= 15 is 0 Å². The molecule has 2 heterocycles. The van der Waals surface area contributed by atoms with Gasteiger partial charge < -0.3 is 9.80 Å². The summed E-state index contributed by atoms with van der Waals surface area (Å²) >= 11 is 0. The minimum Gasteiger partial charge on any atom is -0.311 e. The van der Waals surface area contributed by atoms with E-state index in [1.807, 2.05) is 0 Å². The van der Waals surface area contributed by atoms with Crippen LogP contribution in [0.25, 0.3) is 22.3 Å². The SMILES string of the molecule is Cc1cc2c3c(c1)N(c1cc(-c4ccccc4)c(C(C)(C)C)cc1-c1ccccc1)c1cc4c(cc1B3c1cc(C(C)(C)C)ccc1N2c1ccc(C(C)(C)C)cc1)CC(C)(C)C4. The third kappa shape index (κ3) is 7.04. The number of benzene rings is 7. The molecule has 0 N–H and O–H groups in total. The minimum absolute atomic E-state index is 0.0106. The molecule has 0 atom stereocenters. The Morgan fingerprint density at radius 2 is 1.00 bits per heavy atom. The van der Waals surface area contributed by atoms with Gasteiger partial charge >= 0.3 is 0 Å². The molecule has 0 saturated carbocycles. The summed E-state index contributed by atoms with van der Waals surface area (Å²) in [7, 11) is 0. The molecular weight excluding hydrogens is 759 g/mol. The highest BCUT2D eigenvalue weighted by atomic mass is 15.2. The number of anilines is 6. The Morgan fingerprint density at radius 1 is 0.460 bits per heavy atom. The van der Waals surface area contributed by atoms with E-state index in [-0.39, 0.29) is 28.4 Å². The lowest BCUT2D eigenvalue weighted by atomic mass is 9.33. The van der Waals surface area contributed by atoms with Gasteiger partial charge in [0.15, 0.2) is 0 Å². The molecule has 3 aliphatic rings. The van der Waals surface area contributed by atoms with Crippen LogP contribution in [0.2, 0.25) is 0 Å². The third-order valence-corrected chi connectivity index (χ3v) is 14.1. The Bertz CT molecular complexity index is 2920. The predicted octanol–water partition coefficient (Wildman–Crippen LogP) is 14.4. The molecule has 10 rings (SSSR count). The van der Waals surface area contributed by atoms with Crippen LogP contribution < -0.4 is 26.2 Å². The molecule has 316 valence electrons. The lowest BCUT2D eigenvalue weighted by molar-refractivity contribution is 0.392. The first-order valence-electron chi connectivity index (χ1n) is 23.2. The number of aryl methyl sites for hydroxylation is 1. The van der Waals surface area contributed by atoms with Crippen LogP contribution in [0.3, 0.4) is 0 Å². The Balaban J connectivity index is 1.34. The molecule has 0 fully saturated rings. The first-order chi connectivity index (χ1) is 29.8. The van der Waals surface area contributed by atoms with Gasteiger partial charge in [0.2, 0.25) is 0 Å². The Kier molecular flexibility index (Phi) is 9.40. The van der Waals surface area contributed by atoms with Crippen molar-refractivity contribution in [3.8, 4) is 22.3 Å². The standard InChI is InChI=1S/C60H63BN2/c1-38-29-54-56-55(30-38)63(52-35-46(39-19-15-13-16-20-39)48(59(8,9)10)34-47(52)40-21-17-14-18-22-40)53-32-42-37-60(11,12)36-41(42)31-49(53)61(56)50-33-44(58(5,6)7)25-28-51(50)62(54)45-26-23-43(24-27-45)57(2,3)4/h13-35H,36-37H2,1-12H3. The maximum absolute atomic E-state index is 2.68. The fraction of sp³-hybridized carbons (Fsp3) is 0.300. The fourth-order valence-electron chi connectivity index (χ4n) is 10.9. The van der Waals surface area contributed by atoms with E-state index in [0.29, 0.717) is 0 Å². The summed E-state index contributed by atoms with van der Waals surface area (Å²) < 4.78 is 0. The highest BCUT2D eigenvalue weighted by Crippen LogP contribution is 2.51. The van der Waals surface area contributed by atoms with E-state index in [9.17, 15) is 0 Å². The zero-order valence-electron chi connectivity index (χ0n) is 39.7. The van der Waals surface area contributed by atoms with Crippen molar-refractivity contribution in [3.05, 3.63) is 173 Å². The molecule has 1 aliphatic carbocycles. The molecule has 0 saturated heterocycles. The summed E-state index contributed by atoms with van der Waals surface area (Å²) in [6.45, 7) is 28.3. The zero-order valence-corrected chi connectivity index (χ0v) is 39.7. The van der Waals surface area contributed by atoms with E-state index in [0.717, 1.165) is 12.8 Å². The van der Waals surface area contributed by atoms with Gasteiger partial charge in [0.05, 0.1) is 5.69 Å². The summed E-state index contributed by atoms with van der Waals surface area (Å²) in [4.78, 5) is 5.26. The molecule has 7 aromatic carbocycles. The predicted molar refractivity (Wildman–Crippen MR) is 273 cm³/mol. The summed E-state index contributed by atoms with van der Waals surface area (Å²) in [5, 5.41) is 0. The van der Waals surface area contributed by atoms with Crippen molar-refractivity contribution in [2.24, 2.45) is 5.41 Å². The summed E-state index contributed by atoms with van der Waals surface area (Å²) in [6, 6.07) is 54.2. The summed E-state index contributed by atoms with van der Waals surface area (Å²) in [5.74, 6) is 0. The molecule has 0 aromatic heterocycles. The fourth-order valence-corrected chi connectivity index (χ4v) is 10.9. The van der Waals surface area contributed by atoms with Gasteiger partial charge in [-0.1, -0.05) is 167 Å². The van der Waals surface area contributed by atoms with Gasteiger partial charge in [-0.2, -0.15) is 0 Å². The monoisotopic (exact) mass is 823 g/mol. The van der Waals surface area contributed by atoms with Crippen LogP contribution in [0.1, 0.15) is 110 Å². The van der Waals surface area contributed by atoms with E-state index in [1.165, 1.54) is 106 Å². The second kappa shape index (κ2) is 14.4. The van der Waals surface area contributed by atoms with Gasteiger partial charge in [-0.25, -0.2) is 0 Å². The highest BCUT2D eigenvalue weighted by Gasteiger charge is 2.46. The van der Waals surface area contributed by atoms with Crippen LogP contribution in [-0.2, 0) is 29.1 Å². The maximum atomic E-state index is 2.68. The second-order valence-electron chi connectivity index (χ2n) is 22.7. The molecular formula is C60H63BN2. The van der Waals surface area contributed by atoms with E-state index in [2.05, 4.69) is 232 Å². The molecule has 63 heavy (non-hydrogen) atoms. The van der Waals surface area contributed by atoms with Crippen molar-refractivity contribution in [2.75, 3.05) is 9.80 Å². The first kappa shape index (κ1) is 41.2. The Hall–Kier alpha value is -5.80. The molecule has 7 aromatic rings. The van der Waals surface area contributed by atoms with E-state index in [4.69, 9.17) is 0 Å². The Morgan fingerprint density at radius 3 is 1.59 bits per heavy atom. The second-order valence-corrected chi connectivity index (χ2v) is 22.7. The molecule has 0 spiro atoms. The van der Waals surface area contributed by atoms with Crippen LogP contribution in [0.5, 0.6) is 0 Å². The van der Waals surface area contributed by atoms with E-state index < -0.39 is 0 Å². The number of hydrogen-bond acceptors (Lipinski definition) is 2. The van der Waals surface area contributed by atoms with E-state index in [1.54, 1.807) is 0 Å². The maximum Gasteiger partial charge on any atom is 0.252 e. The molecule has 3 heteroatoms. The van der Waals surface area contributed by atoms with Gasteiger partial charge in [0, 0.05) is 34.0 Å². The van der Waals surface area contributed by atoms with Gasteiger partial charge in [-0.15, -0.1) is 0 Å². The van der Waals surface area contributed by atoms with Crippen LogP contribution in [-0.4, -0.2) is 6.71 Å². The number of rotatable bonds is 4. The van der Waals surface area contributed by atoms with Crippen LogP contribution in [0.15, 0.2) is 140 Å². The highest BCUT2D eigenvalue weighted by molar-refractivity contribution is 7.00. The molecule has 0 amide bonds. The van der Waals surface area contributed by atoms with Crippen molar-refractivity contribution in [3.63, 3.8) is 0 Å². The van der Waals surface area contributed by atoms with Crippen molar-refractivity contribution < 1.29 is 0 Å². The summed E-state index contributed by atoms with van der Waals surface area (Å²) in [5.41, 5.74) is 25.1. The average Bonchev–Trinajstić information content (AvgIpc) is 3.54. The Labute approximate surface area is 378 Å². The van der Waals surface area contributed by atoms with Crippen LogP contribution >= 0.6 is 0 Å². The minimum atomic E-state index is -0.0927. The number of nitrogens with zero attached hydrogens (tertiary/aromatic N) is 2. The largest absolute Gasteiger partial charge is 0.311 e. The van der Waals surface area contributed by atoms with Crippen molar-refractivity contribution in [2.45, 2.75) is 112 Å². The lowest BCUT2D eigenvalue weighted by Gasteiger charge is -2.45. The normalized spacial score (nSPS) is 15.2. The average molecular weight is 823 g/mol. The van der Waals surface area contributed by atoms with Crippen molar-refractivity contribution in [1.82, 2.24) is 0 Å². The van der Waals surface area contributed by atoms with Crippen LogP contribution in [0.4, 0.5) is 34.1 Å². The lowest BCUT2D eigenvalue weighted by Crippen LogP contribution is -2.61. The van der Waals surface area contributed by atoms with Gasteiger partial charge in [0.1, 0.15) is 0 Å². The number of hydrogen-bond donors (Lipinski definition) is 0. The molecule has 0 radical (unpaired) electrons. The molecule has 2 nitrogen and oxygen atoms in total. The molecule has 0 bridgehead atoms. The quantitative estimate of drug-likeness (QED) is 0.163. The summed E-state index contributed by atoms with van der Waals surface area (Å²) in [6.07, 6.45) is 2.16. The van der Waals surface area contributed by atoms with Crippen molar-refractivity contribution in [1.29, 1.82) is 0 Å². The first-order valence-corrected chi connectivity index (χ1v) is 23.2. The van der Waals surface area contributed by atoms with Gasteiger partial charge in [0.25, 0.3) is 6.71 Å². The van der Waals surface area contributed by atoms with Gasteiger partial charge in [-0.3, -0.25) is 0 Å². The molecule has 2 aliphatic heterocycles. The zero-order chi connectivity index (χ0) is 44.4. The van der Waals surface area contributed by atoms with Gasteiger partial charge in [-0.05, 0) is 156 Å². The topological polar surface area (TPSA) is 6.48 Å². The smallest absolute Gasteiger partial charge is 0.252 e. The van der Waals surface area contributed by atoms with Crippen LogP contribution in [0, 0.1) is 12.3 Å².